The van der Waals surface area contributed by atoms with Crippen LogP contribution in [0, 0.1) is 0 Å². The molecule has 6 aromatic rings. The van der Waals surface area contributed by atoms with Gasteiger partial charge in [0.05, 0.1) is 18.0 Å². The molecule has 0 radical (unpaired) electrons. The number of carbonyl (C=O) groups is 3. The molecule has 58 heavy (non-hydrogen) atoms. The molecule has 1 saturated heterocycles. The molecule has 3 amide bonds. The Morgan fingerprint density at radius 2 is 0.931 bits per heavy atom. The van der Waals surface area contributed by atoms with Crippen LogP contribution in [0.25, 0.3) is 22.3 Å². The fourth-order valence-electron chi connectivity index (χ4n) is 6.39. The molecule has 5 atom stereocenters. The van der Waals surface area contributed by atoms with E-state index < -0.39 is 55.6 Å². The Bertz CT molecular complexity index is 2300. The van der Waals surface area contributed by atoms with Crippen LogP contribution in [-0.2, 0) is 18.9 Å². The number of rotatable bonds is 11. The van der Waals surface area contributed by atoms with E-state index in [-0.39, 0.29) is 0 Å². The van der Waals surface area contributed by atoms with Gasteiger partial charge in [-0.15, -0.1) is 0 Å². The lowest BCUT2D eigenvalue weighted by Crippen LogP contribution is -2.62. The first-order valence-electron chi connectivity index (χ1n) is 18.3. The van der Waals surface area contributed by atoms with Gasteiger partial charge in [0.15, 0.2) is 24.6 Å². The lowest BCUT2D eigenvalue weighted by atomic mass is 9.98. The van der Waals surface area contributed by atoms with Crippen molar-refractivity contribution >= 4 is 35.3 Å². The van der Waals surface area contributed by atoms with E-state index in [1.807, 2.05) is 103 Å². The summed E-state index contributed by atoms with van der Waals surface area (Å²) in [7, 11) is 0. The van der Waals surface area contributed by atoms with Crippen molar-refractivity contribution in [2.45, 2.75) is 30.7 Å². The molecule has 0 aromatic heterocycles. The topological polar surface area (TPSA) is 174 Å². The third-order valence-corrected chi connectivity index (χ3v) is 9.10. The maximum Gasteiger partial charge on any atom is 0.412 e. The van der Waals surface area contributed by atoms with Crippen LogP contribution >= 0.6 is 0 Å². The third-order valence-electron chi connectivity index (χ3n) is 9.10. The standard InChI is InChI=1S/C45H39N3O10/c49-28-38-39(56-43(51)46-31-24-26-33(27-25-31)54-32-18-8-3-9-19-32)40(57-44(52)47-36-22-12-10-20-34(36)29-14-4-1-5-15-29)41(42(50)55-38)58-45(53)48-37-23-13-11-21-35(37)30-16-6-2-7-17-30/h1-27,38-42,49-50H,28H2,(H,46,51)(H,47,52)(H,48,53)/t38-,39-,40+,41-,42+/m1/s1. The summed E-state index contributed by atoms with van der Waals surface area (Å²) in [6.45, 7) is -0.776. The Morgan fingerprint density at radius 1 is 0.500 bits per heavy atom. The number of amides is 3. The van der Waals surface area contributed by atoms with E-state index >= 15 is 0 Å². The summed E-state index contributed by atoms with van der Waals surface area (Å²) >= 11 is 0. The Balaban J connectivity index is 1.13. The van der Waals surface area contributed by atoms with Crippen LogP contribution in [0.5, 0.6) is 11.5 Å². The van der Waals surface area contributed by atoms with Gasteiger partial charge < -0.3 is 33.9 Å². The fraction of sp³-hybridized carbons (Fsp3) is 0.133. The first-order chi connectivity index (χ1) is 28.3. The minimum atomic E-state index is -1.93. The van der Waals surface area contributed by atoms with Crippen LogP contribution in [0.1, 0.15) is 0 Å². The van der Waals surface area contributed by atoms with Gasteiger partial charge in [-0.25, -0.2) is 14.4 Å². The number of aliphatic hydroxyl groups excluding tert-OH is 2. The number of ether oxygens (including phenoxy) is 5. The average Bonchev–Trinajstić information content (AvgIpc) is 3.25. The number of hydrogen-bond donors (Lipinski definition) is 5. The number of para-hydroxylation sites is 3. The van der Waals surface area contributed by atoms with E-state index in [1.165, 1.54) is 0 Å². The number of anilines is 3. The molecule has 13 heteroatoms. The molecule has 13 nitrogen and oxygen atoms in total. The number of aliphatic hydroxyl groups is 2. The number of nitrogens with one attached hydrogen (secondary N) is 3. The Morgan fingerprint density at radius 3 is 1.47 bits per heavy atom. The van der Waals surface area contributed by atoms with Crippen molar-refractivity contribution in [1.29, 1.82) is 0 Å². The van der Waals surface area contributed by atoms with E-state index in [0.29, 0.717) is 39.7 Å². The van der Waals surface area contributed by atoms with Gasteiger partial charge in [-0.05, 0) is 59.7 Å². The van der Waals surface area contributed by atoms with Gasteiger partial charge in [0, 0.05) is 16.8 Å². The van der Waals surface area contributed by atoms with Crippen LogP contribution in [0.4, 0.5) is 31.4 Å². The molecular formula is C45H39N3O10. The Kier molecular flexibility index (Phi) is 12.5. The van der Waals surface area contributed by atoms with Crippen molar-refractivity contribution in [2.24, 2.45) is 0 Å². The zero-order valence-corrected chi connectivity index (χ0v) is 30.8. The molecule has 0 unspecified atom stereocenters. The summed E-state index contributed by atoms with van der Waals surface area (Å²) in [6, 6.07) is 48.3. The molecule has 294 valence electrons. The van der Waals surface area contributed by atoms with Crippen LogP contribution in [0.15, 0.2) is 164 Å². The van der Waals surface area contributed by atoms with E-state index in [1.54, 1.807) is 60.7 Å². The minimum Gasteiger partial charge on any atom is -0.457 e. The van der Waals surface area contributed by atoms with Gasteiger partial charge in [-0.2, -0.15) is 0 Å². The normalized spacial score (nSPS) is 18.6. The van der Waals surface area contributed by atoms with E-state index in [9.17, 15) is 24.6 Å². The van der Waals surface area contributed by atoms with Crippen molar-refractivity contribution in [3.05, 3.63) is 164 Å². The lowest BCUT2D eigenvalue weighted by molar-refractivity contribution is -0.282. The smallest absolute Gasteiger partial charge is 0.412 e. The Hall–Kier alpha value is -7.19. The van der Waals surface area contributed by atoms with Gasteiger partial charge in [-0.1, -0.05) is 115 Å². The van der Waals surface area contributed by atoms with Gasteiger partial charge in [-0.3, -0.25) is 16.0 Å². The SMILES string of the molecule is O=C(Nc1ccccc1-c1ccccc1)O[C@@H]1[C@@H](OC(=O)Nc2ccccc2-c2ccccc2)[C@@H](O)O[C@H](CO)[C@H]1OC(=O)Nc1ccc(Oc2ccccc2)cc1. The summed E-state index contributed by atoms with van der Waals surface area (Å²) in [5.41, 5.74) is 4.08. The molecule has 1 aliphatic heterocycles. The second kappa shape index (κ2) is 18.6. The summed E-state index contributed by atoms with van der Waals surface area (Å²) in [6.07, 6.45) is -11.5. The maximum atomic E-state index is 13.7. The average molecular weight is 782 g/mol. The van der Waals surface area contributed by atoms with E-state index in [4.69, 9.17) is 23.7 Å². The van der Waals surface area contributed by atoms with Crippen molar-refractivity contribution in [3.8, 4) is 33.8 Å². The molecule has 1 heterocycles. The van der Waals surface area contributed by atoms with E-state index in [2.05, 4.69) is 16.0 Å². The Labute approximate surface area is 333 Å². The zero-order chi connectivity index (χ0) is 40.3. The first-order valence-corrected chi connectivity index (χ1v) is 18.3. The summed E-state index contributed by atoms with van der Waals surface area (Å²) in [5, 5.41) is 29.5. The second-order valence-corrected chi connectivity index (χ2v) is 13.0. The fourth-order valence-corrected chi connectivity index (χ4v) is 6.39. The molecule has 0 saturated carbocycles. The number of benzene rings is 6. The van der Waals surface area contributed by atoms with Crippen LogP contribution < -0.4 is 20.7 Å². The predicted octanol–water partition coefficient (Wildman–Crippen LogP) is 8.67. The van der Waals surface area contributed by atoms with Crippen LogP contribution in [-0.4, -0.2) is 65.8 Å². The largest absolute Gasteiger partial charge is 0.457 e. The molecule has 7 rings (SSSR count). The highest BCUT2D eigenvalue weighted by Gasteiger charge is 2.52. The molecule has 0 bridgehead atoms. The highest BCUT2D eigenvalue weighted by molar-refractivity contribution is 5.93. The first kappa shape index (κ1) is 39.1. The summed E-state index contributed by atoms with van der Waals surface area (Å²) in [4.78, 5) is 40.7. The third kappa shape index (κ3) is 9.78. The number of hydrogen-bond acceptors (Lipinski definition) is 10. The van der Waals surface area contributed by atoms with Crippen LogP contribution in [0.3, 0.4) is 0 Å². The van der Waals surface area contributed by atoms with Crippen molar-refractivity contribution < 1.29 is 48.3 Å². The van der Waals surface area contributed by atoms with E-state index in [0.717, 1.165) is 11.1 Å². The van der Waals surface area contributed by atoms with Gasteiger partial charge in [0.2, 0.25) is 0 Å². The minimum absolute atomic E-state index is 0.319. The molecule has 6 aromatic carbocycles. The van der Waals surface area contributed by atoms with Crippen molar-refractivity contribution in [1.82, 2.24) is 0 Å². The van der Waals surface area contributed by atoms with Gasteiger partial charge in [0.1, 0.15) is 17.6 Å². The molecule has 0 aliphatic carbocycles. The lowest BCUT2D eigenvalue weighted by Gasteiger charge is -2.42. The second-order valence-electron chi connectivity index (χ2n) is 13.0. The molecular weight excluding hydrogens is 743 g/mol. The summed E-state index contributed by atoms with van der Waals surface area (Å²) < 4.78 is 28.7. The predicted molar refractivity (Wildman–Crippen MR) is 216 cm³/mol. The van der Waals surface area contributed by atoms with Crippen molar-refractivity contribution in [3.63, 3.8) is 0 Å². The maximum absolute atomic E-state index is 13.7. The zero-order valence-electron chi connectivity index (χ0n) is 30.8. The van der Waals surface area contributed by atoms with Crippen molar-refractivity contribution in [2.75, 3.05) is 22.6 Å². The molecule has 1 aliphatic rings. The highest BCUT2D eigenvalue weighted by Crippen LogP contribution is 2.32. The summed E-state index contributed by atoms with van der Waals surface area (Å²) in [5.74, 6) is 1.14. The molecule has 5 N–H and O–H groups in total. The number of carbonyl (C=O) groups excluding carboxylic acids is 3. The van der Waals surface area contributed by atoms with Gasteiger partial charge >= 0.3 is 18.3 Å². The highest BCUT2D eigenvalue weighted by atomic mass is 16.7. The van der Waals surface area contributed by atoms with Crippen LogP contribution in [0.2, 0.25) is 0 Å². The quantitative estimate of drug-likeness (QED) is 0.0801. The monoisotopic (exact) mass is 781 g/mol. The molecule has 1 fully saturated rings. The molecule has 0 spiro atoms. The van der Waals surface area contributed by atoms with Gasteiger partial charge in [0.25, 0.3) is 0 Å².